The topological polar surface area (TPSA) is 95.9 Å². The minimum atomic E-state index is -0.857. The number of carbonyl (C=O) groups excluding carboxylic acids is 2. The zero-order valence-corrected chi connectivity index (χ0v) is 38.3. The Morgan fingerprint density at radius 3 is 1.19 bits per heavy atom. The Balaban J connectivity index is 3.51. The second kappa shape index (κ2) is 47.3. The molecule has 6 nitrogen and oxygen atoms in total. The number of esters is 1. The fourth-order valence-corrected chi connectivity index (χ4v) is 7.87. The molecule has 2 unspecified atom stereocenters. The number of hydrogen-bond donors (Lipinski definition) is 3. The van der Waals surface area contributed by atoms with E-state index in [0.29, 0.717) is 19.4 Å². The average Bonchev–Trinajstić information content (AvgIpc) is 3.21. The van der Waals surface area contributed by atoms with Gasteiger partial charge in [-0.3, -0.25) is 9.59 Å². The maximum atomic E-state index is 12.4. The SMILES string of the molecule is CCCCCCCCCCCCCCCC/C=C/C(O)C(CO)NC(=O)CCCCCCCCCCCCOC(=O)CCCCCCCCCCCCCCCC. The van der Waals surface area contributed by atoms with Crippen LogP contribution in [-0.4, -0.2) is 47.4 Å². The molecule has 0 heterocycles. The number of hydrogen-bond acceptors (Lipinski definition) is 5. The van der Waals surface area contributed by atoms with E-state index in [-0.39, 0.29) is 18.5 Å². The maximum absolute atomic E-state index is 12.4. The summed E-state index contributed by atoms with van der Waals surface area (Å²) in [5.41, 5.74) is 0. The van der Waals surface area contributed by atoms with Crippen molar-refractivity contribution in [1.82, 2.24) is 5.32 Å². The predicted octanol–water partition coefficient (Wildman–Crippen LogP) is 15.0. The molecule has 0 aliphatic carbocycles. The van der Waals surface area contributed by atoms with Gasteiger partial charge in [-0.2, -0.15) is 0 Å². The van der Waals surface area contributed by atoms with E-state index in [2.05, 4.69) is 19.2 Å². The molecule has 338 valence electrons. The van der Waals surface area contributed by atoms with Gasteiger partial charge in [0.15, 0.2) is 0 Å². The fourth-order valence-electron chi connectivity index (χ4n) is 7.87. The lowest BCUT2D eigenvalue weighted by atomic mass is 10.0. The van der Waals surface area contributed by atoms with Gasteiger partial charge in [0.1, 0.15) is 0 Å². The van der Waals surface area contributed by atoms with E-state index in [1.165, 1.54) is 193 Å². The Labute approximate surface area is 355 Å². The molecule has 6 heteroatoms. The van der Waals surface area contributed by atoms with E-state index in [1.807, 2.05) is 6.08 Å². The minimum absolute atomic E-state index is 0.0184. The van der Waals surface area contributed by atoms with Gasteiger partial charge in [0, 0.05) is 12.8 Å². The Kier molecular flexibility index (Phi) is 46.1. The number of rotatable bonds is 47. The molecule has 1 amide bonds. The van der Waals surface area contributed by atoms with Crippen LogP contribution >= 0.6 is 0 Å². The number of aliphatic hydroxyl groups is 2. The van der Waals surface area contributed by atoms with Gasteiger partial charge in [-0.1, -0.05) is 244 Å². The fraction of sp³-hybridized carbons (Fsp3) is 0.922. The summed E-state index contributed by atoms with van der Waals surface area (Å²) in [5, 5.41) is 23.0. The summed E-state index contributed by atoms with van der Waals surface area (Å²) in [6.45, 7) is 4.86. The molecule has 0 rings (SSSR count). The average molecular weight is 806 g/mol. The van der Waals surface area contributed by atoms with Crippen molar-refractivity contribution >= 4 is 11.9 Å². The highest BCUT2D eigenvalue weighted by molar-refractivity contribution is 5.76. The lowest BCUT2D eigenvalue weighted by molar-refractivity contribution is -0.143. The van der Waals surface area contributed by atoms with E-state index in [9.17, 15) is 19.8 Å². The third-order valence-corrected chi connectivity index (χ3v) is 11.8. The van der Waals surface area contributed by atoms with Gasteiger partial charge >= 0.3 is 5.97 Å². The van der Waals surface area contributed by atoms with Gasteiger partial charge < -0.3 is 20.3 Å². The first kappa shape index (κ1) is 55.6. The normalized spacial score (nSPS) is 12.7. The van der Waals surface area contributed by atoms with Crippen molar-refractivity contribution in [1.29, 1.82) is 0 Å². The number of ether oxygens (including phenoxy) is 1. The molecule has 0 radical (unpaired) electrons. The van der Waals surface area contributed by atoms with Crippen molar-refractivity contribution in [3.63, 3.8) is 0 Å². The number of aliphatic hydroxyl groups excluding tert-OH is 2. The minimum Gasteiger partial charge on any atom is -0.466 e. The molecule has 0 bridgehead atoms. The van der Waals surface area contributed by atoms with Crippen molar-refractivity contribution < 1.29 is 24.5 Å². The number of amides is 1. The van der Waals surface area contributed by atoms with Gasteiger partial charge in [-0.05, 0) is 32.1 Å². The van der Waals surface area contributed by atoms with Crippen LogP contribution in [-0.2, 0) is 14.3 Å². The number of allylic oxidation sites excluding steroid dienone is 1. The number of unbranched alkanes of at least 4 members (excludes halogenated alkanes) is 36. The standard InChI is InChI=1S/C51H99NO5/c1-3-5-7-9-11-13-15-17-19-20-21-23-27-31-35-39-43-49(54)48(47-53)52-50(55)44-40-36-32-28-25-26-30-34-38-42-46-57-51(56)45-41-37-33-29-24-22-18-16-14-12-10-8-6-4-2/h39,43,48-49,53-54H,3-38,40-42,44-47H2,1-2H3,(H,52,55)/b43-39+. The zero-order valence-electron chi connectivity index (χ0n) is 38.3. The molecule has 0 aliphatic heterocycles. The largest absolute Gasteiger partial charge is 0.466 e. The molecule has 0 fully saturated rings. The van der Waals surface area contributed by atoms with Crippen LogP contribution in [0.15, 0.2) is 12.2 Å². The van der Waals surface area contributed by atoms with E-state index in [4.69, 9.17) is 4.74 Å². The van der Waals surface area contributed by atoms with Crippen molar-refractivity contribution in [3.05, 3.63) is 12.2 Å². The maximum Gasteiger partial charge on any atom is 0.305 e. The highest BCUT2D eigenvalue weighted by Crippen LogP contribution is 2.16. The summed E-state index contributed by atoms with van der Waals surface area (Å²) in [6.07, 6.45) is 53.4. The van der Waals surface area contributed by atoms with Gasteiger partial charge in [0.05, 0.1) is 25.4 Å². The second-order valence-corrected chi connectivity index (χ2v) is 17.5. The van der Waals surface area contributed by atoms with Crippen LogP contribution in [0.5, 0.6) is 0 Å². The van der Waals surface area contributed by atoms with Crippen LogP contribution in [0.2, 0.25) is 0 Å². The lowest BCUT2D eigenvalue weighted by Crippen LogP contribution is -2.45. The van der Waals surface area contributed by atoms with Crippen molar-refractivity contribution in [3.8, 4) is 0 Å². The Hall–Kier alpha value is -1.40. The first-order chi connectivity index (χ1) is 28.0. The third kappa shape index (κ3) is 44.0. The second-order valence-electron chi connectivity index (χ2n) is 17.5. The van der Waals surface area contributed by atoms with Gasteiger partial charge in [0.25, 0.3) is 0 Å². The summed E-state index contributed by atoms with van der Waals surface area (Å²) in [4.78, 5) is 24.4. The van der Waals surface area contributed by atoms with Crippen molar-refractivity contribution in [2.45, 2.75) is 289 Å². The Morgan fingerprint density at radius 1 is 0.474 bits per heavy atom. The summed E-state index contributed by atoms with van der Waals surface area (Å²) >= 11 is 0. The van der Waals surface area contributed by atoms with Gasteiger partial charge in [0.2, 0.25) is 5.91 Å². The summed E-state index contributed by atoms with van der Waals surface area (Å²) in [6, 6.07) is -0.643. The molecule has 0 aromatic heterocycles. The summed E-state index contributed by atoms with van der Waals surface area (Å²) in [5.74, 6) is -0.107. The predicted molar refractivity (Wildman–Crippen MR) is 246 cm³/mol. The van der Waals surface area contributed by atoms with Crippen molar-refractivity contribution in [2.24, 2.45) is 0 Å². The molecule has 0 aliphatic rings. The molecular weight excluding hydrogens is 707 g/mol. The molecule has 57 heavy (non-hydrogen) atoms. The van der Waals surface area contributed by atoms with E-state index >= 15 is 0 Å². The molecule has 0 saturated heterocycles. The van der Waals surface area contributed by atoms with Crippen LogP contribution in [0.4, 0.5) is 0 Å². The molecule has 0 aromatic rings. The van der Waals surface area contributed by atoms with Crippen LogP contribution in [0.1, 0.15) is 277 Å². The Morgan fingerprint density at radius 2 is 0.807 bits per heavy atom. The summed E-state index contributed by atoms with van der Waals surface area (Å²) < 4.78 is 5.45. The molecular formula is C51H99NO5. The van der Waals surface area contributed by atoms with Gasteiger partial charge in [-0.25, -0.2) is 0 Å². The molecule has 0 aromatic carbocycles. The molecule has 3 N–H and O–H groups in total. The number of carbonyl (C=O) groups is 2. The first-order valence-electron chi connectivity index (χ1n) is 25.5. The highest BCUT2D eigenvalue weighted by Gasteiger charge is 2.18. The van der Waals surface area contributed by atoms with Crippen LogP contribution in [0, 0.1) is 0 Å². The number of nitrogens with one attached hydrogen (secondary N) is 1. The van der Waals surface area contributed by atoms with Gasteiger partial charge in [-0.15, -0.1) is 0 Å². The third-order valence-electron chi connectivity index (χ3n) is 11.8. The van der Waals surface area contributed by atoms with Crippen molar-refractivity contribution in [2.75, 3.05) is 13.2 Å². The smallest absolute Gasteiger partial charge is 0.305 e. The van der Waals surface area contributed by atoms with Crippen LogP contribution in [0.25, 0.3) is 0 Å². The van der Waals surface area contributed by atoms with E-state index < -0.39 is 12.1 Å². The molecule has 0 spiro atoms. The van der Waals surface area contributed by atoms with E-state index in [0.717, 1.165) is 57.8 Å². The van der Waals surface area contributed by atoms with E-state index in [1.54, 1.807) is 6.08 Å². The molecule has 0 saturated carbocycles. The first-order valence-corrected chi connectivity index (χ1v) is 25.5. The van der Waals surface area contributed by atoms with Crippen LogP contribution < -0.4 is 5.32 Å². The summed E-state index contributed by atoms with van der Waals surface area (Å²) in [7, 11) is 0. The van der Waals surface area contributed by atoms with Crippen LogP contribution in [0.3, 0.4) is 0 Å². The lowest BCUT2D eigenvalue weighted by Gasteiger charge is -2.20. The quantitative estimate of drug-likeness (QED) is 0.0323. The molecule has 2 atom stereocenters. The monoisotopic (exact) mass is 806 g/mol. The zero-order chi connectivity index (χ0) is 41.5. The highest BCUT2D eigenvalue weighted by atomic mass is 16.5. The Bertz CT molecular complexity index is 847.